The van der Waals surface area contributed by atoms with E-state index < -0.39 is 0 Å². The molecule has 0 aliphatic heterocycles. The third kappa shape index (κ3) is 1.85. The Morgan fingerprint density at radius 3 is 2.45 bits per heavy atom. The van der Waals surface area contributed by atoms with E-state index in [1.54, 1.807) is 6.07 Å². The SMILES string of the molecule is NCCc1cc[13c](O)[13c](O)c1. The monoisotopic (exact) mass is 155 g/mol. The van der Waals surface area contributed by atoms with E-state index in [1.165, 1.54) is 12.1 Å². The van der Waals surface area contributed by atoms with Crippen molar-refractivity contribution in [3.8, 4) is 11.5 Å². The van der Waals surface area contributed by atoms with Crippen LogP contribution in [0.4, 0.5) is 0 Å². The molecule has 1 aromatic rings. The number of aromatic hydroxyl groups is 2. The van der Waals surface area contributed by atoms with Gasteiger partial charge in [0.05, 0.1) is 0 Å². The van der Waals surface area contributed by atoms with E-state index in [0.717, 1.165) is 5.56 Å². The van der Waals surface area contributed by atoms with Gasteiger partial charge in [-0.2, -0.15) is 0 Å². The lowest BCUT2D eigenvalue weighted by Crippen LogP contribution is -2.02. The Bertz CT molecular complexity index is 248. The van der Waals surface area contributed by atoms with E-state index in [4.69, 9.17) is 15.9 Å². The molecular formula is C8H11NO2. The van der Waals surface area contributed by atoms with Crippen molar-refractivity contribution in [1.29, 1.82) is 0 Å². The van der Waals surface area contributed by atoms with Crippen LogP contribution in [0.15, 0.2) is 18.2 Å². The predicted molar refractivity (Wildman–Crippen MR) is 42.5 cm³/mol. The van der Waals surface area contributed by atoms with Crippen LogP contribution in [0, 0.1) is 0 Å². The van der Waals surface area contributed by atoms with Gasteiger partial charge < -0.3 is 15.9 Å². The number of phenols is 2. The molecule has 0 radical (unpaired) electrons. The molecule has 11 heavy (non-hydrogen) atoms. The largest absolute Gasteiger partial charge is 0.504 e. The number of hydrogen-bond acceptors (Lipinski definition) is 3. The average Bonchev–Trinajstić information content (AvgIpc) is 1.98. The van der Waals surface area contributed by atoms with Gasteiger partial charge in [0, 0.05) is 0 Å². The van der Waals surface area contributed by atoms with Gasteiger partial charge in [-0.05, 0) is 30.7 Å². The van der Waals surface area contributed by atoms with Crippen molar-refractivity contribution >= 4 is 0 Å². The first-order valence-corrected chi connectivity index (χ1v) is 3.45. The van der Waals surface area contributed by atoms with Crippen molar-refractivity contribution in [3.05, 3.63) is 23.8 Å². The molecule has 0 atom stereocenters. The smallest absolute Gasteiger partial charge is 0.157 e. The summed E-state index contributed by atoms with van der Waals surface area (Å²) in [6.07, 6.45) is 0.716. The van der Waals surface area contributed by atoms with Crippen LogP contribution in [-0.4, -0.2) is 16.8 Å². The number of phenolic OH excluding ortho intramolecular Hbond substituents is 2. The van der Waals surface area contributed by atoms with Gasteiger partial charge in [-0.3, -0.25) is 0 Å². The molecule has 4 N–H and O–H groups in total. The zero-order chi connectivity index (χ0) is 8.27. The Hall–Kier alpha value is -1.22. The summed E-state index contributed by atoms with van der Waals surface area (Å²) in [5, 5.41) is 18.0. The van der Waals surface area contributed by atoms with Crippen LogP contribution < -0.4 is 5.73 Å². The van der Waals surface area contributed by atoms with Crippen molar-refractivity contribution in [2.75, 3.05) is 6.54 Å². The molecule has 0 spiro atoms. The lowest BCUT2D eigenvalue weighted by atomic mass is 10.2. The van der Waals surface area contributed by atoms with E-state index in [2.05, 4.69) is 0 Å². The number of rotatable bonds is 2. The zero-order valence-electron chi connectivity index (χ0n) is 6.12. The fourth-order valence-electron chi connectivity index (χ4n) is 0.891. The second-order valence-electron chi connectivity index (χ2n) is 2.36. The summed E-state index contributed by atoms with van der Waals surface area (Å²) in [6, 6.07) is 4.71. The topological polar surface area (TPSA) is 66.5 Å². The second kappa shape index (κ2) is 3.25. The Kier molecular flexibility index (Phi) is 2.33. The highest BCUT2D eigenvalue weighted by molar-refractivity contribution is 5.40. The molecular weight excluding hydrogens is 144 g/mol. The van der Waals surface area contributed by atoms with Crippen LogP contribution in [-0.2, 0) is 6.42 Å². The van der Waals surface area contributed by atoms with Gasteiger partial charge in [0.25, 0.3) is 0 Å². The van der Waals surface area contributed by atoms with Crippen LogP contribution in [0.3, 0.4) is 0 Å². The van der Waals surface area contributed by atoms with Crippen LogP contribution >= 0.6 is 0 Å². The second-order valence-corrected chi connectivity index (χ2v) is 2.36. The summed E-state index contributed by atoms with van der Waals surface area (Å²) in [7, 11) is 0. The molecule has 0 unspecified atom stereocenters. The van der Waals surface area contributed by atoms with E-state index in [1.807, 2.05) is 0 Å². The lowest BCUT2D eigenvalue weighted by Gasteiger charge is -2.00. The molecule has 0 saturated heterocycles. The maximum atomic E-state index is 9.04. The fraction of sp³-hybridized carbons (Fsp3) is 0.250. The molecule has 0 bridgehead atoms. The molecule has 3 nitrogen and oxygen atoms in total. The molecule has 3 heteroatoms. The van der Waals surface area contributed by atoms with Gasteiger partial charge in [0.15, 0.2) is 11.5 Å². The number of nitrogens with two attached hydrogens (primary N) is 1. The molecule has 1 rings (SSSR count). The summed E-state index contributed by atoms with van der Waals surface area (Å²) in [5.41, 5.74) is 6.24. The molecule has 0 heterocycles. The molecule has 60 valence electrons. The molecule has 0 aromatic heterocycles. The molecule has 0 aliphatic carbocycles. The molecule has 0 amide bonds. The Labute approximate surface area is 65.1 Å². The zero-order valence-corrected chi connectivity index (χ0v) is 6.12. The number of benzene rings is 1. The Morgan fingerprint density at radius 1 is 1.18 bits per heavy atom. The van der Waals surface area contributed by atoms with Crippen LogP contribution in [0.5, 0.6) is 11.5 Å². The molecule has 1 aromatic carbocycles. The van der Waals surface area contributed by atoms with E-state index >= 15 is 0 Å². The quantitative estimate of drug-likeness (QED) is 0.548. The highest BCUT2D eigenvalue weighted by atomic mass is 16.4. The maximum absolute atomic E-state index is 9.04. The predicted octanol–water partition coefficient (Wildman–Crippen LogP) is 0.599. The standard InChI is InChI=1S/C8H11NO2/c9-4-3-6-1-2-7(10)8(11)5-6/h1-2,5,10-11H,3-4,9H2/i7+1,8+1. The van der Waals surface area contributed by atoms with Crippen molar-refractivity contribution in [2.24, 2.45) is 5.73 Å². The maximum Gasteiger partial charge on any atom is 0.157 e. The Morgan fingerprint density at radius 2 is 1.91 bits per heavy atom. The van der Waals surface area contributed by atoms with Crippen LogP contribution in [0.2, 0.25) is 0 Å². The van der Waals surface area contributed by atoms with Gasteiger partial charge in [-0.25, -0.2) is 0 Å². The number of hydrogen-bond donors (Lipinski definition) is 3. The van der Waals surface area contributed by atoms with Crippen molar-refractivity contribution in [1.82, 2.24) is 0 Å². The van der Waals surface area contributed by atoms with E-state index in [0.29, 0.717) is 13.0 Å². The summed E-state index contributed by atoms with van der Waals surface area (Å²) in [6.45, 7) is 0.546. The van der Waals surface area contributed by atoms with Crippen molar-refractivity contribution in [3.63, 3.8) is 0 Å². The molecule has 0 fully saturated rings. The normalized spacial score (nSPS) is 9.91. The van der Waals surface area contributed by atoms with E-state index in [-0.39, 0.29) is 11.5 Å². The van der Waals surface area contributed by atoms with Crippen molar-refractivity contribution in [2.45, 2.75) is 6.42 Å². The first kappa shape index (κ1) is 7.88. The van der Waals surface area contributed by atoms with Crippen LogP contribution in [0.1, 0.15) is 5.56 Å². The van der Waals surface area contributed by atoms with E-state index in [9.17, 15) is 0 Å². The van der Waals surface area contributed by atoms with Gasteiger partial charge >= 0.3 is 0 Å². The Balaban J connectivity index is 2.86. The third-order valence-electron chi connectivity index (χ3n) is 1.47. The summed E-state index contributed by atoms with van der Waals surface area (Å²) < 4.78 is 0. The highest BCUT2D eigenvalue weighted by Crippen LogP contribution is 2.24. The average molecular weight is 155 g/mol. The summed E-state index contributed by atoms with van der Waals surface area (Å²) >= 11 is 0. The van der Waals surface area contributed by atoms with Crippen LogP contribution in [0.25, 0.3) is 0 Å². The third-order valence-corrected chi connectivity index (χ3v) is 1.47. The lowest BCUT2D eigenvalue weighted by molar-refractivity contribution is 0.403. The fourth-order valence-corrected chi connectivity index (χ4v) is 0.891. The van der Waals surface area contributed by atoms with Gasteiger partial charge in [0.1, 0.15) is 0 Å². The minimum absolute atomic E-state index is 0.0871. The van der Waals surface area contributed by atoms with Gasteiger partial charge in [-0.1, -0.05) is 6.07 Å². The first-order chi connectivity index (χ1) is 5.24. The molecule has 0 aliphatic rings. The van der Waals surface area contributed by atoms with Gasteiger partial charge in [-0.15, -0.1) is 0 Å². The minimum Gasteiger partial charge on any atom is -0.504 e. The first-order valence-electron chi connectivity index (χ1n) is 3.45. The minimum atomic E-state index is -0.0919. The molecule has 0 saturated carbocycles. The summed E-state index contributed by atoms with van der Waals surface area (Å²) in [5.74, 6) is -0.179. The van der Waals surface area contributed by atoms with Crippen molar-refractivity contribution < 1.29 is 10.2 Å². The summed E-state index contributed by atoms with van der Waals surface area (Å²) in [4.78, 5) is 0. The van der Waals surface area contributed by atoms with Gasteiger partial charge in [0.2, 0.25) is 0 Å². The highest BCUT2D eigenvalue weighted by Gasteiger charge is 1.98.